The summed E-state index contributed by atoms with van der Waals surface area (Å²) in [5, 5.41) is 2.03. The lowest BCUT2D eigenvalue weighted by atomic mass is 10.1. The maximum absolute atomic E-state index is 14.0. The van der Waals surface area contributed by atoms with Gasteiger partial charge in [0.05, 0.1) is 18.4 Å². The second-order valence-electron chi connectivity index (χ2n) is 5.47. The van der Waals surface area contributed by atoms with Crippen molar-refractivity contribution < 1.29 is 36.6 Å². The second kappa shape index (κ2) is 6.43. The maximum Gasteiger partial charge on any atom is 0.419 e. The predicted octanol–water partition coefficient (Wildman–Crippen LogP) is 3.98. The number of halogens is 4. The number of esters is 1. The van der Waals surface area contributed by atoms with Crippen LogP contribution in [0.1, 0.15) is 36.7 Å². The van der Waals surface area contributed by atoms with Crippen molar-refractivity contribution in [2.75, 3.05) is 12.4 Å². The molecular formula is C14H15F4NO4. The minimum Gasteiger partial charge on any atom is -0.465 e. The summed E-state index contributed by atoms with van der Waals surface area (Å²) in [5.74, 6) is -3.20. The number of nitrogens with one attached hydrogen (secondary N) is 1. The van der Waals surface area contributed by atoms with E-state index in [0.29, 0.717) is 6.07 Å². The molecule has 9 heteroatoms. The summed E-state index contributed by atoms with van der Waals surface area (Å²) in [6.45, 7) is 4.67. The summed E-state index contributed by atoms with van der Waals surface area (Å²) in [6, 6.07) is 1.16. The number of benzene rings is 1. The summed E-state index contributed by atoms with van der Waals surface area (Å²) < 4.78 is 61.3. The molecule has 0 bridgehead atoms. The number of amides is 1. The number of carbonyl (C=O) groups is 2. The highest BCUT2D eigenvalue weighted by atomic mass is 19.4. The first-order chi connectivity index (χ1) is 10.4. The Morgan fingerprint density at radius 2 is 1.70 bits per heavy atom. The van der Waals surface area contributed by atoms with Crippen LogP contribution in [0.15, 0.2) is 12.1 Å². The second-order valence-corrected chi connectivity index (χ2v) is 5.47. The van der Waals surface area contributed by atoms with E-state index in [4.69, 9.17) is 4.74 Å². The highest BCUT2D eigenvalue weighted by Gasteiger charge is 2.37. The van der Waals surface area contributed by atoms with Crippen molar-refractivity contribution in [2.45, 2.75) is 32.5 Å². The van der Waals surface area contributed by atoms with Gasteiger partial charge in [-0.3, -0.25) is 5.32 Å². The van der Waals surface area contributed by atoms with Crippen molar-refractivity contribution in [2.24, 2.45) is 0 Å². The standard InChI is InChI=1S/C14H15F4NO4/c1-13(2,3)23-12(21)19-8-6-5-7(14(16,17)18)10(15)9(8)11(20)22-4/h5-6H,1-4H3,(H,19,21). The highest BCUT2D eigenvalue weighted by Crippen LogP contribution is 2.35. The van der Waals surface area contributed by atoms with Crippen LogP contribution in [-0.2, 0) is 15.7 Å². The van der Waals surface area contributed by atoms with Crippen LogP contribution < -0.4 is 5.32 Å². The Morgan fingerprint density at radius 3 is 2.13 bits per heavy atom. The first-order valence-electron chi connectivity index (χ1n) is 6.35. The molecule has 1 aromatic rings. The van der Waals surface area contributed by atoms with Gasteiger partial charge in [-0.15, -0.1) is 0 Å². The smallest absolute Gasteiger partial charge is 0.419 e. The zero-order valence-corrected chi connectivity index (χ0v) is 12.8. The lowest BCUT2D eigenvalue weighted by molar-refractivity contribution is -0.140. The molecule has 0 aromatic heterocycles. The first kappa shape index (κ1) is 18.7. The fourth-order valence-corrected chi connectivity index (χ4v) is 1.61. The van der Waals surface area contributed by atoms with Crippen LogP contribution in [-0.4, -0.2) is 24.8 Å². The lowest BCUT2D eigenvalue weighted by Crippen LogP contribution is -2.28. The quantitative estimate of drug-likeness (QED) is 0.655. The van der Waals surface area contributed by atoms with Crippen LogP contribution in [0.4, 0.5) is 28.0 Å². The van der Waals surface area contributed by atoms with Crippen molar-refractivity contribution in [1.29, 1.82) is 0 Å². The maximum atomic E-state index is 14.0. The Hall–Kier alpha value is -2.32. The first-order valence-corrected chi connectivity index (χ1v) is 6.35. The number of hydrogen-bond donors (Lipinski definition) is 1. The van der Waals surface area contributed by atoms with E-state index in [2.05, 4.69) is 4.74 Å². The van der Waals surface area contributed by atoms with E-state index in [-0.39, 0.29) is 0 Å². The van der Waals surface area contributed by atoms with Gasteiger partial charge in [0.2, 0.25) is 0 Å². The van der Waals surface area contributed by atoms with E-state index in [9.17, 15) is 27.2 Å². The molecule has 1 amide bonds. The summed E-state index contributed by atoms with van der Waals surface area (Å²) in [7, 11) is 0.874. The molecule has 5 nitrogen and oxygen atoms in total. The van der Waals surface area contributed by atoms with Crippen LogP contribution in [0.5, 0.6) is 0 Å². The van der Waals surface area contributed by atoms with E-state index < -0.39 is 46.5 Å². The van der Waals surface area contributed by atoms with Gasteiger partial charge in [0.15, 0.2) is 5.82 Å². The minimum atomic E-state index is -5.00. The molecule has 0 saturated carbocycles. The Kier molecular flexibility index (Phi) is 5.24. The number of rotatable bonds is 2. The molecule has 0 radical (unpaired) electrons. The molecule has 0 atom stereocenters. The minimum absolute atomic E-state index is 0.411. The van der Waals surface area contributed by atoms with Crippen LogP contribution in [0.25, 0.3) is 0 Å². The van der Waals surface area contributed by atoms with E-state index in [1.165, 1.54) is 0 Å². The van der Waals surface area contributed by atoms with Gasteiger partial charge in [-0.2, -0.15) is 13.2 Å². The number of alkyl halides is 3. The average molecular weight is 337 g/mol. The van der Waals surface area contributed by atoms with Crippen LogP contribution >= 0.6 is 0 Å². The molecule has 0 unspecified atom stereocenters. The number of carbonyl (C=O) groups excluding carboxylic acids is 2. The predicted molar refractivity (Wildman–Crippen MR) is 72.6 cm³/mol. The van der Waals surface area contributed by atoms with Gasteiger partial charge >= 0.3 is 18.2 Å². The average Bonchev–Trinajstić information content (AvgIpc) is 2.34. The van der Waals surface area contributed by atoms with Crippen molar-refractivity contribution >= 4 is 17.7 Å². The fourth-order valence-electron chi connectivity index (χ4n) is 1.61. The SMILES string of the molecule is COC(=O)c1c(NC(=O)OC(C)(C)C)ccc(C(F)(F)F)c1F. The molecule has 0 aliphatic carbocycles. The van der Waals surface area contributed by atoms with Crippen molar-refractivity contribution in [1.82, 2.24) is 0 Å². The number of hydrogen-bond acceptors (Lipinski definition) is 4. The molecule has 23 heavy (non-hydrogen) atoms. The number of methoxy groups -OCH3 is 1. The van der Waals surface area contributed by atoms with E-state index in [1.54, 1.807) is 20.8 Å². The molecule has 0 heterocycles. The van der Waals surface area contributed by atoms with Gasteiger partial charge in [-0.1, -0.05) is 0 Å². The van der Waals surface area contributed by atoms with Gasteiger partial charge in [-0.05, 0) is 32.9 Å². The third-order valence-corrected chi connectivity index (χ3v) is 2.47. The van der Waals surface area contributed by atoms with Crippen molar-refractivity contribution in [3.05, 3.63) is 29.1 Å². The molecule has 1 rings (SSSR count). The summed E-state index contributed by atoms with van der Waals surface area (Å²) in [4.78, 5) is 23.2. The highest BCUT2D eigenvalue weighted by molar-refractivity contribution is 6.00. The molecule has 0 aliphatic heterocycles. The Morgan fingerprint density at radius 1 is 1.13 bits per heavy atom. The van der Waals surface area contributed by atoms with Crippen LogP contribution in [0.2, 0.25) is 0 Å². The van der Waals surface area contributed by atoms with Crippen LogP contribution in [0.3, 0.4) is 0 Å². The molecule has 0 spiro atoms. The molecule has 0 fully saturated rings. The number of anilines is 1. The van der Waals surface area contributed by atoms with Gasteiger partial charge in [-0.25, -0.2) is 14.0 Å². The summed E-state index contributed by atoms with van der Waals surface area (Å²) >= 11 is 0. The Balaban J connectivity index is 3.30. The molecule has 0 aliphatic rings. The third kappa shape index (κ3) is 4.83. The van der Waals surface area contributed by atoms with E-state index in [0.717, 1.165) is 13.2 Å². The fraction of sp³-hybridized carbons (Fsp3) is 0.429. The van der Waals surface area contributed by atoms with Gasteiger partial charge in [0.1, 0.15) is 11.2 Å². The van der Waals surface area contributed by atoms with Crippen molar-refractivity contribution in [3.63, 3.8) is 0 Å². The van der Waals surface area contributed by atoms with Gasteiger partial charge in [0.25, 0.3) is 0 Å². The topological polar surface area (TPSA) is 64.6 Å². The van der Waals surface area contributed by atoms with Crippen molar-refractivity contribution in [3.8, 4) is 0 Å². The molecule has 128 valence electrons. The Bertz CT molecular complexity index is 620. The zero-order chi connectivity index (χ0) is 18.0. The third-order valence-electron chi connectivity index (χ3n) is 2.47. The molecule has 1 aromatic carbocycles. The zero-order valence-electron chi connectivity index (χ0n) is 12.8. The summed E-state index contributed by atoms with van der Waals surface area (Å²) in [6.07, 6.45) is -6.06. The molecular weight excluding hydrogens is 322 g/mol. The normalized spacial score (nSPS) is 11.8. The number of ether oxygens (including phenoxy) is 2. The monoisotopic (exact) mass is 337 g/mol. The molecule has 1 N–H and O–H groups in total. The lowest BCUT2D eigenvalue weighted by Gasteiger charge is -2.20. The molecule has 0 saturated heterocycles. The Labute approximate surface area is 129 Å². The largest absolute Gasteiger partial charge is 0.465 e. The van der Waals surface area contributed by atoms with Gasteiger partial charge in [0, 0.05) is 0 Å². The van der Waals surface area contributed by atoms with E-state index >= 15 is 0 Å². The van der Waals surface area contributed by atoms with Crippen LogP contribution in [0, 0.1) is 5.82 Å². The van der Waals surface area contributed by atoms with Gasteiger partial charge < -0.3 is 9.47 Å². The summed E-state index contributed by atoms with van der Waals surface area (Å²) in [5.41, 5.74) is -4.06. The van der Waals surface area contributed by atoms with E-state index in [1.807, 2.05) is 5.32 Å².